The molecule has 1 aliphatic rings. The Morgan fingerprint density at radius 2 is 2.31 bits per heavy atom. The summed E-state index contributed by atoms with van der Waals surface area (Å²) in [6.07, 6.45) is -1.75. The Hall–Kier alpha value is -0.900. The summed E-state index contributed by atoms with van der Waals surface area (Å²) in [5.74, 6) is 0. The van der Waals surface area contributed by atoms with Crippen LogP contribution in [0.2, 0.25) is 0 Å². The second-order valence-electron chi connectivity index (χ2n) is 3.08. The lowest BCUT2D eigenvalue weighted by molar-refractivity contribution is 0.00179. The van der Waals surface area contributed by atoms with Crippen molar-refractivity contribution in [1.82, 2.24) is 10.2 Å². The molecule has 0 saturated carbocycles. The quantitative estimate of drug-likeness (QED) is 0.635. The lowest BCUT2D eigenvalue weighted by Gasteiger charge is -2.33. The van der Waals surface area contributed by atoms with Gasteiger partial charge in [0.2, 0.25) is 0 Å². The summed E-state index contributed by atoms with van der Waals surface area (Å²) in [6, 6.07) is 0. The van der Waals surface area contributed by atoms with Crippen molar-refractivity contribution in [3.63, 3.8) is 0 Å². The van der Waals surface area contributed by atoms with Gasteiger partial charge in [0, 0.05) is 19.6 Å². The predicted molar refractivity (Wildman–Crippen MR) is 53.0 cm³/mol. The average Bonchev–Trinajstić information content (AvgIpc) is 2.16. The first-order valence-electron chi connectivity index (χ1n) is 4.74. The lowest BCUT2D eigenvalue weighted by atomic mass is 10.3. The minimum Gasteiger partial charge on any atom is -0.450 e. The Labute approximate surface area is 93.5 Å². The molecule has 0 spiro atoms. The van der Waals surface area contributed by atoms with Crippen LogP contribution in [0.25, 0.3) is 0 Å². The van der Waals surface area contributed by atoms with E-state index in [1.54, 1.807) is 6.92 Å². The molecule has 0 aromatic heterocycles. The van der Waals surface area contributed by atoms with Crippen molar-refractivity contribution in [3.05, 3.63) is 0 Å². The molecular formula is C7H14N2O6S. The van der Waals surface area contributed by atoms with Crippen LogP contribution < -0.4 is 5.32 Å². The van der Waals surface area contributed by atoms with Crippen molar-refractivity contribution in [2.24, 2.45) is 0 Å². The Kier molecular flexibility index (Phi) is 4.47. The van der Waals surface area contributed by atoms with E-state index in [-0.39, 0.29) is 19.7 Å². The van der Waals surface area contributed by atoms with Gasteiger partial charge >= 0.3 is 16.5 Å². The number of hydrogen-bond donors (Lipinski definition) is 2. The largest absolute Gasteiger partial charge is 0.450 e. The van der Waals surface area contributed by atoms with Gasteiger partial charge in [0.15, 0.2) is 6.23 Å². The van der Waals surface area contributed by atoms with Crippen LogP contribution in [-0.4, -0.2) is 56.4 Å². The van der Waals surface area contributed by atoms with E-state index in [2.05, 4.69) is 9.50 Å². The van der Waals surface area contributed by atoms with Crippen molar-refractivity contribution < 1.29 is 26.7 Å². The maximum Gasteiger partial charge on any atom is 0.411 e. The zero-order chi connectivity index (χ0) is 12.2. The smallest absolute Gasteiger partial charge is 0.411 e. The lowest BCUT2D eigenvalue weighted by Crippen LogP contribution is -2.55. The molecule has 0 radical (unpaired) electrons. The van der Waals surface area contributed by atoms with Gasteiger partial charge in [-0.1, -0.05) is 0 Å². The molecule has 8 nitrogen and oxygen atoms in total. The number of nitrogens with one attached hydrogen (secondary N) is 1. The van der Waals surface area contributed by atoms with Crippen molar-refractivity contribution in [2.75, 3.05) is 26.2 Å². The van der Waals surface area contributed by atoms with Gasteiger partial charge in [-0.3, -0.25) is 9.45 Å². The highest BCUT2D eigenvalue weighted by Gasteiger charge is 2.31. The highest BCUT2D eigenvalue weighted by Crippen LogP contribution is 2.09. The standard InChI is InChI=1S/C7H14N2O6S/c1-2-14-7(10)9-4-3-8-5-6(9)15-16(11,12)13/h6,8H,2-5H2,1H3,(H,11,12,13). The summed E-state index contributed by atoms with van der Waals surface area (Å²) in [6.45, 7) is 2.68. The highest BCUT2D eigenvalue weighted by molar-refractivity contribution is 7.80. The van der Waals surface area contributed by atoms with Gasteiger partial charge in [-0.05, 0) is 6.92 Å². The fraction of sp³-hybridized carbons (Fsp3) is 0.857. The second-order valence-corrected chi connectivity index (χ2v) is 4.12. The number of rotatable bonds is 3. The maximum absolute atomic E-state index is 11.4. The molecule has 1 fully saturated rings. The molecule has 94 valence electrons. The summed E-state index contributed by atoms with van der Waals surface area (Å²) < 4.78 is 38.7. The molecule has 0 aromatic rings. The predicted octanol–water partition coefficient (Wildman–Crippen LogP) is -0.806. The fourth-order valence-corrected chi connectivity index (χ4v) is 1.77. The third-order valence-electron chi connectivity index (χ3n) is 1.93. The van der Waals surface area contributed by atoms with Crippen LogP contribution >= 0.6 is 0 Å². The monoisotopic (exact) mass is 254 g/mol. The van der Waals surface area contributed by atoms with E-state index < -0.39 is 22.7 Å². The number of carbonyl (C=O) groups excluding carboxylic acids is 1. The molecule has 1 heterocycles. The molecule has 9 heteroatoms. The number of ether oxygens (including phenoxy) is 1. The van der Waals surface area contributed by atoms with E-state index in [1.165, 1.54) is 0 Å². The molecule has 1 unspecified atom stereocenters. The van der Waals surface area contributed by atoms with Gasteiger partial charge in [-0.2, -0.15) is 8.42 Å². The summed E-state index contributed by atoms with van der Waals surface area (Å²) in [5.41, 5.74) is 0. The number of piperazine rings is 1. The van der Waals surface area contributed by atoms with E-state index in [0.717, 1.165) is 4.90 Å². The molecule has 0 aromatic carbocycles. The van der Waals surface area contributed by atoms with E-state index in [9.17, 15) is 13.2 Å². The van der Waals surface area contributed by atoms with Crippen LogP contribution in [0.15, 0.2) is 0 Å². The normalized spacial score (nSPS) is 21.9. The van der Waals surface area contributed by atoms with Crippen LogP contribution in [0.4, 0.5) is 4.79 Å². The Bertz CT molecular complexity index is 343. The molecule has 0 bridgehead atoms. The molecule has 0 aliphatic carbocycles. The molecule has 1 atom stereocenters. The molecule has 1 amide bonds. The van der Waals surface area contributed by atoms with E-state index in [0.29, 0.717) is 6.54 Å². The van der Waals surface area contributed by atoms with Crippen molar-refractivity contribution in [1.29, 1.82) is 0 Å². The van der Waals surface area contributed by atoms with Crippen LogP contribution in [-0.2, 0) is 19.3 Å². The van der Waals surface area contributed by atoms with Crippen LogP contribution in [0, 0.1) is 0 Å². The molecule has 2 N–H and O–H groups in total. The zero-order valence-corrected chi connectivity index (χ0v) is 9.57. The Morgan fingerprint density at radius 3 is 2.88 bits per heavy atom. The fourth-order valence-electron chi connectivity index (χ4n) is 1.32. The summed E-state index contributed by atoms with van der Waals surface area (Å²) in [7, 11) is -4.59. The SMILES string of the molecule is CCOC(=O)N1CCNCC1OS(=O)(=O)O. The van der Waals surface area contributed by atoms with Gasteiger partial charge in [0.1, 0.15) is 0 Å². The molecule has 1 saturated heterocycles. The van der Waals surface area contributed by atoms with Gasteiger partial charge in [0.25, 0.3) is 0 Å². The van der Waals surface area contributed by atoms with Crippen LogP contribution in [0.5, 0.6) is 0 Å². The topological polar surface area (TPSA) is 105 Å². The molecule has 1 rings (SSSR count). The second kappa shape index (κ2) is 5.43. The minimum absolute atomic E-state index is 0.110. The molecular weight excluding hydrogens is 240 g/mol. The van der Waals surface area contributed by atoms with Crippen molar-refractivity contribution in [3.8, 4) is 0 Å². The van der Waals surface area contributed by atoms with Gasteiger partial charge in [-0.15, -0.1) is 0 Å². The first-order valence-corrected chi connectivity index (χ1v) is 6.10. The number of carbonyl (C=O) groups is 1. The average molecular weight is 254 g/mol. The van der Waals surface area contributed by atoms with Gasteiger partial charge in [-0.25, -0.2) is 8.98 Å². The number of amides is 1. The zero-order valence-electron chi connectivity index (χ0n) is 8.75. The minimum atomic E-state index is -4.59. The molecule has 1 aliphatic heterocycles. The Morgan fingerprint density at radius 1 is 1.62 bits per heavy atom. The van der Waals surface area contributed by atoms with E-state index in [4.69, 9.17) is 9.29 Å². The van der Waals surface area contributed by atoms with Crippen molar-refractivity contribution in [2.45, 2.75) is 13.2 Å². The van der Waals surface area contributed by atoms with Gasteiger partial charge < -0.3 is 10.1 Å². The first-order chi connectivity index (χ1) is 7.44. The van der Waals surface area contributed by atoms with Crippen LogP contribution in [0.1, 0.15) is 6.92 Å². The third kappa shape index (κ3) is 3.93. The van der Waals surface area contributed by atoms with Gasteiger partial charge in [0.05, 0.1) is 6.61 Å². The molecule has 16 heavy (non-hydrogen) atoms. The Balaban J connectivity index is 2.67. The third-order valence-corrected chi connectivity index (χ3v) is 2.40. The van der Waals surface area contributed by atoms with E-state index >= 15 is 0 Å². The number of nitrogens with zero attached hydrogens (tertiary/aromatic N) is 1. The van der Waals surface area contributed by atoms with Crippen LogP contribution in [0.3, 0.4) is 0 Å². The summed E-state index contributed by atoms with van der Waals surface area (Å²) in [4.78, 5) is 12.5. The summed E-state index contributed by atoms with van der Waals surface area (Å²) in [5, 5.41) is 2.83. The number of hydrogen-bond acceptors (Lipinski definition) is 6. The highest BCUT2D eigenvalue weighted by atomic mass is 32.3. The maximum atomic E-state index is 11.4. The first kappa shape index (κ1) is 13.2. The van der Waals surface area contributed by atoms with E-state index in [1.807, 2.05) is 0 Å². The van der Waals surface area contributed by atoms with Crippen molar-refractivity contribution >= 4 is 16.5 Å². The summed E-state index contributed by atoms with van der Waals surface area (Å²) >= 11 is 0.